The number of hydrogen-bond acceptors (Lipinski definition) is 2. The fourth-order valence-electron chi connectivity index (χ4n) is 2.22. The Labute approximate surface area is 124 Å². The first-order chi connectivity index (χ1) is 9.34. The van der Waals surface area contributed by atoms with E-state index >= 15 is 0 Å². The Morgan fingerprint density at radius 3 is 2.50 bits per heavy atom. The van der Waals surface area contributed by atoms with Crippen molar-refractivity contribution >= 4 is 0 Å². The first-order valence-electron chi connectivity index (χ1n) is 7.83. The molecule has 0 saturated carbocycles. The number of benzene rings is 1. The molecule has 1 unspecified atom stereocenters. The van der Waals surface area contributed by atoms with E-state index < -0.39 is 0 Å². The molecule has 2 nitrogen and oxygen atoms in total. The largest absolute Gasteiger partial charge is 0.490 e. The van der Waals surface area contributed by atoms with Gasteiger partial charge in [0, 0.05) is 0 Å². The lowest BCUT2D eigenvalue weighted by molar-refractivity contribution is 0.206. The summed E-state index contributed by atoms with van der Waals surface area (Å²) in [5.74, 6) is 1.02. The molecular formula is C18H31NO. The molecule has 0 aromatic heterocycles. The average Bonchev–Trinajstić information content (AvgIpc) is 2.36. The summed E-state index contributed by atoms with van der Waals surface area (Å²) in [4.78, 5) is 0. The fourth-order valence-corrected chi connectivity index (χ4v) is 2.22. The SMILES string of the molecule is CCNCCCC(C)Oc1ccc(C(C)(C)C)cc1C. The van der Waals surface area contributed by atoms with Gasteiger partial charge in [0.05, 0.1) is 6.10 Å². The summed E-state index contributed by atoms with van der Waals surface area (Å²) < 4.78 is 6.07. The summed E-state index contributed by atoms with van der Waals surface area (Å²) in [6.07, 6.45) is 2.52. The van der Waals surface area contributed by atoms with Crippen molar-refractivity contribution in [3.05, 3.63) is 29.3 Å². The molecule has 0 fully saturated rings. The molecule has 0 aliphatic carbocycles. The van der Waals surface area contributed by atoms with Crippen molar-refractivity contribution in [1.82, 2.24) is 5.32 Å². The van der Waals surface area contributed by atoms with Gasteiger partial charge in [-0.15, -0.1) is 0 Å². The van der Waals surface area contributed by atoms with Gasteiger partial charge in [0.2, 0.25) is 0 Å². The van der Waals surface area contributed by atoms with E-state index in [1.54, 1.807) is 0 Å². The molecule has 114 valence electrons. The second kappa shape index (κ2) is 7.68. The molecule has 0 bridgehead atoms. The predicted octanol–water partition coefficient (Wildman–Crippen LogP) is 4.45. The molecule has 20 heavy (non-hydrogen) atoms. The van der Waals surface area contributed by atoms with Crippen LogP contribution in [-0.2, 0) is 5.41 Å². The number of nitrogens with one attached hydrogen (secondary N) is 1. The minimum absolute atomic E-state index is 0.195. The molecule has 1 aromatic carbocycles. The quantitative estimate of drug-likeness (QED) is 0.743. The predicted molar refractivity (Wildman–Crippen MR) is 87.7 cm³/mol. The molecule has 0 radical (unpaired) electrons. The number of aryl methyl sites for hydroxylation is 1. The lowest BCUT2D eigenvalue weighted by Gasteiger charge is -2.22. The van der Waals surface area contributed by atoms with Gasteiger partial charge in [0.1, 0.15) is 5.75 Å². The van der Waals surface area contributed by atoms with Crippen molar-refractivity contribution in [2.24, 2.45) is 0 Å². The Balaban J connectivity index is 2.56. The molecule has 2 heteroatoms. The molecule has 0 heterocycles. The molecule has 1 rings (SSSR count). The molecule has 0 saturated heterocycles. The number of hydrogen-bond donors (Lipinski definition) is 1. The first kappa shape index (κ1) is 17.0. The maximum absolute atomic E-state index is 6.07. The van der Waals surface area contributed by atoms with Crippen LogP contribution in [0.2, 0.25) is 0 Å². The van der Waals surface area contributed by atoms with Gasteiger partial charge in [-0.25, -0.2) is 0 Å². The topological polar surface area (TPSA) is 21.3 Å². The minimum Gasteiger partial charge on any atom is -0.490 e. The highest BCUT2D eigenvalue weighted by atomic mass is 16.5. The molecule has 0 amide bonds. The number of rotatable bonds is 7. The molecule has 1 N–H and O–H groups in total. The Bertz CT molecular complexity index is 406. The van der Waals surface area contributed by atoms with E-state index in [4.69, 9.17) is 4.74 Å². The molecule has 0 spiro atoms. The van der Waals surface area contributed by atoms with Gasteiger partial charge in [-0.3, -0.25) is 0 Å². The van der Waals surface area contributed by atoms with Gasteiger partial charge in [-0.05, 0) is 62.4 Å². The highest BCUT2D eigenvalue weighted by Crippen LogP contribution is 2.28. The highest BCUT2D eigenvalue weighted by molar-refractivity contribution is 5.38. The molecule has 1 aromatic rings. The molecule has 0 aliphatic heterocycles. The third-order valence-electron chi connectivity index (χ3n) is 3.58. The Morgan fingerprint density at radius 1 is 1.25 bits per heavy atom. The van der Waals surface area contributed by atoms with E-state index in [-0.39, 0.29) is 11.5 Å². The monoisotopic (exact) mass is 277 g/mol. The summed E-state index contributed by atoms with van der Waals surface area (Å²) >= 11 is 0. The van der Waals surface area contributed by atoms with Crippen molar-refractivity contribution in [3.63, 3.8) is 0 Å². The number of ether oxygens (including phenoxy) is 1. The van der Waals surface area contributed by atoms with Crippen LogP contribution in [0.25, 0.3) is 0 Å². The van der Waals surface area contributed by atoms with Gasteiger partial charge < -0.3 is 10.1 Å². The van der Waals surface area contributed by atoms with E-state index in [9.17, 15) is 0 Å². The first-order valence-corrected chi connectivity index (χ1v) is 7.83. The minimum atomic E-state index is 0.195. The summed E-state index contributed by atoms with van der Waals surface area (Å²) in [6, 6.07) is 6.56. The summed E-state index contributed by atoms with van der Waals surface area (Å²) in [5.41, 5.74) is 2.79. The smallest absolute Gasteiger partial charge is 0.122 e. The normalized spacial score (nSPS) is 13.3. The van der Waals surface area contributed by atoms with Crippen molar-refractivity contribution in [3.8, 4) is 5.75 Å². The zero-order chi connectivity index (χ0) is 15.2. The van der Waals surface area contributed by atoms with Crippen LogP contribution in [0.3, 0.4) is 0 Å². The van der Waals surface area contributed by atoms with Crippen LogP contribution >= 0.6 is 0 Å². The molecular weight excluding hydrogens is 246 g/mol. The molecule has 1 atom stereocenters. The van der Waals surface area contributed by atoms with Crippen LogP contribution in [0.4, 0.5) is 0 Å². The second-order valence-electron chi connectivity index (χ2n) is 6.65. The van der Waals surface area contributed by atoms with Gasteiger partial charge in [-0.2, -0.15) is 0 Å². The van der Waals surface area contributed by atoms with E-state index in [1.165, 1.54) is 11.1 Å². The molecule has 0 aliphatic rings. The lowest BCUT2D eigenvalue weighted by Crippen LogP contribution is -2.18. The second-order valence-corrected chi connectivity index (χ2v) is 6.65. The Morgan fingerprint density at radius 2 is 1.95 bits per heavy atom. The van der Waals surface area contributed by atoms with Gasteiger partial charge in [0.15, 0.2) is 0 Å². The van der Waals surface area contributed by atoms with Crippen LogP contribution in [0, 0.1) is 6.92 Å². The Hall–Kier alpha value is -1.02. The van der Waals surface area contributed by atoms with Crippen LogP contribution in [-0.4, -0.2) is 19.2 Å². The van der Waals surface area contributed by atoms with E-state index in [0.29, 0.717) is 0 Å². The summed E-state index contributed by atoms with van der Waals surface area (Å²) in [7, 11) is 0. The van der Waals surface area contributed by atoms with E-state index in [2.05, 4.69) is 65.1 Å². The van der Waals surface area contributed by atoms with E-state index in [0.717, 1.165) is 31.7 Å². The van der Waals surface area contributed by atoms with Crippen molar-refractivity contribution in [1.29, 1.82) is 0 Å². The average molecular weight is 277 g/mol. The van der Waals surface area contributed by atoms with Crippen LogP contribution in [0.1, 0.15) is 58.6 Å². The van der Waals surface area contributed by atoms with Crippen LogP contribution in [0.5, 0.6) is 5.75 Å². The fraction of sp³-hybridized carbons (Fsp3) is 0.667. The van der Waals surface area contributed by atoms with E-state index in [1.807, 2.05) is 0 Å². The maximum atomic E-state index is 6.07. The third kappa shape index (κ3) is 5.54. The lowest BCUT2D eigenvalue weighted by atomic mass is 9.86. The summed E-state index contributed by atoms with van der Waals surface area (Å²) in [6.45, 7) is 15.3. The third-order valence-corrected chi connectivity index (χ3v) is 3.58. The van der Waals surface area contributed by atoms with Gasteiger partial charge in [-0.1, -0.05) is 39.8 Å². The standard InChI is InChI=1S/C18H31NO/c1-7-19-12-8-9-15(3)20-17-11-10-16(13-14(17)2)18(4,5)6/h10-11,13,15,19H,7-9,12H2,1-6H3. The van der Waals surface area contributed by atoms with Crippen molar-refractivity contribution in [2.45, 2.75) is 65.9 Å². The van der Waals surface area contributed by atoms with Crippen LogP contribution < -0.4 is 10.1 Å². The highest BCUT2D eigenvalue weighted by Gasteiger charge is 2.15. The maximum Gasteiger partial charge on any atom is 0.122 e. The van der Waals surface area contributed by atoms with Crippen molar-refractivity contribution < 1.29 is 4.74 Å². The summed E-state index contributed by atoms with van der Waals surface area (Å²) in [5, 5.41) is 3.35. The van der Waals surface area contributed by atoms with Gasteiger partial charge in [0.25, 0.3) is 0 Å². The Kier molecular flexibility index (Phi) is 6.54. The van der Waals surface area contributed by atoms with Gasteiger partial charge >= 0.3 is 0 Å². The van der Waals surface area contributed by atoms with Crippen LogP contribution in [0.15, 0.2) is 18.2 Å². The van der Waals surface area contributed by atoms with Crippen molar-refractivity contribution in [2.75, 3.05) is 13.1 Å². The zero-order valence-corrected chi connectivity index (χ0v) is 14.0. The zero-order valence-electron chi connectivity index (χ0n) is 14.0.